The Bertz CT molecular complexity index is 1300. The van der Waals surface area contributed by atoms with Crippen LogP contribution >= 0.6 is 11.8 Å². The lowest BCUT2D eigenvalue weighted by Crippen LogP contribution is -2.16. The summed E-state index contributed by atoms with van der Waals surface area (Å²) in [5.41, 5.74) is 8.03. The summed E-state index contributed by atoms with van der Waals surface area (Å²) in [4.78, 5) is 22.7. The van der Waals surface area contributed by atoms with Crippen LogP contribution in [0.5, 0.6) is 5.75 Å². The van der Waals surface area contributed by atoms with Gasteiger partial charge in [-0.3, -0.25) is 9.79 Å². The van der Waals surface area contributed by atoms with Gasteiger partial charge in [-0.25, -0.2) is 4.99 Å². The number of aryl methyl sites for hydroxylation is 3. The minimum atomic E-state index is -0.0477. The summed E-state index contributed by atoms with van der Waals surface area (Å²) in [7, 11) is 1.66. The van der Waals surface area contributed by atoms with Gasteiger partial charge in [0.1, 0.15) is 5.75 Å². The Balaban J connectivity index is 1.51. The van der Waals surface area contributed by atoms with Crippen molar-refractivity contribution < 1.29 is 9.53 Å². The second-order valence-corrected chi connectivity index (χ2v) is 10.1. The molecule has 0 radical (unpaired) electrons. The van der Waals surface area contributed by atoms with Gasteiger partial charge in [0.15, 0.2) is 0 Å². The van der Waals surface area contributed by atoms with Gasteiger partial charge in [-0.05, 0) is 79.8 Å². The van der Waals surface area contributed by atoms with Crippen LogP contribution in [-0.2, 0) is 11.2 Å². The molecule has 3 aromatic carbocycles. The Labute approximate surface area is 218 Å². The van der Waals surface area contributed by atoms with E-state index in [-0.39, 0.29) is 11.7 Å². The number of thioether (sulfide) groups is 1. The molecule has 0 fully saturated rings. The van der Waals surface area contributed by atoms with Gasteiger partial charge in [-0.15, -0.1) is 11.8 Å². The van der Waals surface area contributed by atoms with Crippen LogP contribution in [0, 0.1) is 13.8 Å². The summed E-state index contributed by atoms with van der Waals surface area (Å²) in [6.45, 7) is 6.36. The minimum absolute atomic E-state index is 0.0477. The molecule has 1 aliphatic heterocycles. The summed E-state index contributed by atoms with van der Waals surface area (Å²) in [6.07, 6.45) is 3.96. The Hall–Kier alpha value is -3.38. The number of unbranched alkanes of at least 4 members (excludes halogenated alkanes) is 1. The molecule has 0 aromatic heterocycles. The summed E-state index contributed by atoms with van der Waals surface area (Å²) in [5.74, 6) is 1.02. The maximum absolute atomic E-state index is 12.7. The number of nitrogens with zero attached hydrogens (tertiary/aromatic N) is 2. The van der Waals surface area contributed by atoms with E-state index in [2.05, 4.69) is 50.4 Å². The fourth-order valence-electron chi connectivity index (χ4n) is 4.00. The smallest absolute Gasteiger partial charge is 0.234 e. The third kappa shape index (κ3) is 6.64. The van der Waals surface area contributed by atoms with Crippen LogP contribution in [0.25, 0.3) is 0 Å². The van der Waals surface area contributed by atoms with E-state index in [1.54, 1.807) is 7.11 Å². The number of hydrogen-bond acceptors (Lipinski definition) is 5. The van der Waals surface area contributed by atoms with Crippen molar-refractivity contribution in [1.82, 2.24) is 0 Å². The van der Waals surface area contributed by atoms with Crippen LogP contribution in [0.3, 0.4) is 0 Å². The number of hydrogen-bond donors (Lipinski definition) is 1. The fourth-order valence-corrected chi connectivity index (χ4v) is 4.77. The first-order valence-corrected chi connectivity index (χ1v) is 13.4. The van der Waals surface area contributed by atoms with Gasteiger partial charge in [0.05, 0.1) is 35.0 Å². The molecule has 3 aromatic rings. The summed E-state index contributed by atoms with van der Waals surface area (Å²) < 4.78 is 5.43. The lowest BCUT2D eigenvalue weighted by molar-refractivity contribution is -0.113. The van der Waals surface area contributed by atoms with Gasteiger partial charge < -0.3 is 10.1 Å². The minimum Gasteiger partial charge on any atom is -0.497 e. The normalized spacial score (nSPS) is 12.8. The topological polar surface area (TPSA) is 63.0 Å². The maximum atomic E-state index is 12.7. The molecule has 1 aliphatic rings. The van der Waals surface area contributed by atoms with E-state index in [1.165, 1.54) is 41.3 Å². The third-order valence-electron chi connectivity index (χ3n) is 6.24. The van der Waals surface area contributed by atoms with Crippen molar-refractivity contribution in [3.05, 3.63) is 82.9 Å². The molecule has 4 rings (SSSR count). The highest BCUT2D eigenvalue weighted by atomic mass is 32.2. The van der Waals surface area contributed by atoms with Gasteiger partial charge in [0.25, 0.3) is 0 Å². The number of aliphatic imine (C=N–C) groups is 2. The molecule has 1 heterocycles. The van der Waals surface area contributed by atoms with E-state index in [9.17, 15) is 4.79 Å². The van der Waals surface area contributed by atoms with E-state index in [0.717, 1.165) is 45.6 Å². The molecular weight excluding hydrogens is 466 g/mol. The summed E-state index contributed by atoms with van der Waals surface area (Å²) in [6, 6.07) is 20.2. The van der Waals surface area contributed by atoms with Crippen molar-refractivity contribution >= 4 is 45.5 Å². The predicted octanol–water partition coefficient (Wildman–Crippen LogP) is 7.58. The van der Waals surface area contributed by atoms with Crippen molar-refractivity contribution in [2.45, 2.75) is 46.5 Å². The molecule has 0 aliphatic carbocycles. The maximum Gasteiger partial charge on any atom is 0.234 e. The van der Waals surface area contributed by atoms with Gasteiger partial charge in [0.2, 0.25) is 5.91 Å². The van der Waals surface area contributed by atoms with Crippen LogP contribution in [-0.4, -0.2) is 29.5 Å². The zero-order valence-corrected chi connectivity index (χ0v) is 22.2. The van der Waals surface area contributed by atoms with Crippen molar-refractivity contribution in [3.8, 4) is 5.75 Å². The molecule has 0 saturated carbocycles. The van der Waals surface area contributed by atoms with Gasteiger partial charge >= 0.3 is 0 Å². The standard InChI is InChI=1S/C30H33N3O2S/c1-5-6-8-22-11-13-24(14-12-22)31-29(34)19-36-30-18-26(23-9-7-10-25(17-23)35-4)32-27-15-20(2)21(3)16-28(27)33-30/h7,9-17H,5-6,8,18-19H2,1-4H3,(H,31,34). The lowest BCUT2D eigenvalue weighted by atomic mass is 10.1. The number of ether oxygens (including phenoxy) is 1. The second kappa shape index (κ2) is 12.0. The number of benzene rings is 3. The Morgan fingerprint density at radius 2 is 1.72 bits per heavy atom. The van der Waals surface area contributed by atoms with Crippen LogP contribution in [0.4, 0.5) is 17.1 Å². The SMILES string of the molecule is CCCCc1ccc(NC(=O)CSC2=Nc3cc(C)c(C)cc3N=C(c3cccc(OC)c3)C2)cc1. The number of nitrogens with one attached hydrogen (secondary N) is 1. The zero-order valence-electron chi connectivity index (χ0n) is 21.4. The monoisotopic (exact) mass is 499 g/mol. The van der Waals surface area contributed by atoms with Gasteiger partial charge in [-0.2, -0.15) is 0 Å². The van der Waals surface area contributed by atoms with E-state index >= 15 is 0 Å². The van der Waals surface area contributed by atoms with Crippen LogP contribution < -0.4 is 10.1 Å². The summed E-state index contributed by atoms with van der Waals surface area (Å²) in [5, 5.41) is 3.88. The lowest BCUT2D eigenvalue weighted by Gasteiger charge is -2.10. The van der Waals surface area contributed by atoms with Crippen LogP contribution in [0.15, 0.2) is 70.6 Å². The molecule has 0 bridgehead atoms. The van der Waals surface area contributed by atoms with Crippen molar-refractivity contribution in [2.24, 2.45) is 9.98 Å². The quantitative estimate of drug-likeness (QED) is 0.347. The number of rotatable bonds is 8. The molecular formula is C30H33N3O2S. The molecule has 1 amide bonds. The van der Waals surface area contributed by atoms with Crippen LogP contribution in [0.1, 0.15) is 48.4 Å². The summed E-state index contributed by atoms with van der Waals surface area (Å²) >= 11 is 1.46. The number of amides is 1. The third-order valence-corrected chi connectivity index (χ3v) is 7.22. The van der Waals surface area contributed by atoms with E-state index in [4.69, 9.17) is 14.7 Å². The van der Waals surface area contributed by atoms with Crippen molar-refractivity contribution in [1.29, 1.82) is 0 Å². The average molecular weight is 500 g/mol. The number of anilines is 1. The predicted molar refractivity (Wildman–Crippen MR) is 153 cm³/mol. The molecule has 0 saturated heterocycles. The zero-order chi connectivity index (χ0) is 25.5. The van der Waals surface area contributed by atoms with E-state index in [0.29, 0.717) is 6.42 Å². The molecule has 0 atom stereocenters. The van der Waals surface area contributed by atoms with E-state index < -0.39 is 0 Å². The van der Waals surface area contributed by atoms with E-state index in [1.807, 2.05) is 36.4 Å². The van der Waals surface area contributed by atoms with Gasteiger partial charge in [0, 0.05) is 17.7 Å². The highest BCUT2D eigenvalue weighted by molar-refractivity contribution is 8.14. The molecule has 0 unspecified atom stereocenters. The number of methoxy groups -OCH3 is 1. The Kier molecular flexibility index (Phi) is 8.60. The van der Waals surface area contributed by atoms with Gasteiger partial charge in [-0.1, -0.05) is 37.6 Å². The largest absolute Gasteiger partial charge is 0.497 e. The van der Waals surface area contributed by atoms with Crippen molar-refractivity contribution in [3.63, 3.8) is 0 Å². The molecule has 36 heavy (non-hydrogen) atoms. The van der Waals surface area contributed by atoms with Crippen LogP contribution in [0.2, 0.25) is 0 Å². The first-order chi connectivity index (χ1) is 17.4. The second-order valence-electron chi connectivity index (χ2n) is 9.04. The molecule has 186 valence electrons. The first kappa shape index (κ1) is 25.7. The first-order valence-electron chi connectivity index (χ1n) is 12.4. The van der Waals surface area contributed by atoms with Crippen molar-refractivity contribution in [2.75, 3.05) is 18.2 Å². The Morgan fingerprint density at radius 3 is 2.42 bits per heavy atom. The fraction of sp³-hybridized carbons (Fsp3) is 0.300. The molecule has 0 spiro atoms. The molecule has 5 nitrogen and oxygen atoms in total. The number of carbonyl (C=O) groups excluding carboxylic acids is 1. The highest BCUT2D eigenvalue weighted by Crippen LogP contribution is 2.36. The average Bonchev–Trinajstić information content (AvgIpc) is 3.06. The number of fused-ring (bicyclic) bond motifs is 1. The highest BCUT2D eigenvalue weighted by Gasteiger charge is 2.18. The number of carbonyl (C=O) groups is 1. The Morgan fingerprint density at radius 1 is 1.00 bits per heavy atom. The molecule has 1 N–H and O–H groups in total. The molecule has 6 heteroatoms.